The van der Waals surface area contributed by atoms with Crippen molar-refractivity contribution in [3.63, 3.8) is 0 Å². The largest absolute Gasteiger partial charge is 0.478 e. The van der Waals surface area contributed by atoms with Crippen molar-refractivity contribution in [3.8, 4) is 5.75 Å². The Kier molecular flexibility index (Phi) is 4.99. The molecule has 0 fully saturated rings. The predicted octanol–water partition coefficient (Wildman–Crippen LogP) is 3.63. The lowest BCUT2D eigenvalue weighted by atomic mass is 10.0. The molecular formula is C18H20O3. The Bertz CT molecular complexity index is 602. The van der Waals surface area contributed by atoms with Gasteiger partial charge in [-0.3, -0.25) is 0 Å². The molecule has 0 aliphatic rings. The molecule has 0 heterocycles. The van der Waals surface area contributed by atoms with Crippen molar-refractivity contribution in [1.82, 2.24) is 0 Å². The lowest BCUT2D eigenvalue weighted by Gasteiger charge is -2.17. The maximum absolute atomic E-state index is 11.4. The van der Waals surface area contributed by atoms with Gasteiger partial charge in [-0.1, -0.05) is 49.4 Å². The number of carboxylic acid groups (broad SMARTS) is 1. The number of rotatable bonds is 6. The number of para-hydroxylation sites is 1. The average molecular weight is 284 g/mol. The third-order valence-corrected chi connectivity index (χ3v) is 3.49. The number of aryl methyl sites for hydroxylation is 2. The molecule has 0 radical (unpaired) electrons. The number of ether oxygens (including phenoxy) is 1. The number of benzene rings is 2. The molecule has 21 heavy (non-hydrogen) atoms. The van der Waals surface area contributed by atoms with Crippen LogP contribution in [0.2, 0.25) is 0 Å². The SMILES string of the molecule is CCc1ccc(CC(Oc2ccccc2C)C(=O)O)cc1. The summed E-state index contributed by atoms with van der Waals surface area (Å²) in [7, 11) is 0. The summed E-state index contributed by atoms with van der Waals surface area (Å²) in [5, 5.41) is 9.36. The van der Waals surface area contributed by atoms with E-state index in [0.717, 1.165) is 17.5 Å². The van der Waals surface area contributed by atoms with Crippen LogP contribution in [0, 0.1) is 6.92 Å². The Morgan fingerprint density at radius 1 is 1.10 bits per heavy atom. The van der Waals surface area contributed by atoms with Crippen molar-refractivity contribution in [3.05, 3.63) is 65.2 Å². The van der Waals surface area contributed by atoms with Crippen molar-refractivity contribution in [1.29, 1.82) is 0 Å². The second-order valence-corrected chi connectivity index (χ2v) is 5.08. The van der Waals surface area contributed by atoms with Gasteiger partial charge in [0.1, 0.15) is 5.75 Å². The summed E-state index contributed by atoms with van der Waals surface area (Å²) in [6.07, 6.45) is 0.453. The molecule has 1 atom stereocenters. The van der Waals surface area contributed by atoms with Crippen LogP contribution in [0.15, 0.2) is 48.5 Å². The van der Waals surface area contributed by atoms with Crippen LogP contribution in [0.3, 0.4) is 0 Å². The van der Waals surface area contributed by atoms with E-state index in [2.05, 4.69) is 6.92 Å². The van der Waals surface area contributed by atoms with Crippen molar-refractivity contribution in [2.45, 2.75) is 32.8 Å². The van der Waals surface area contributed by atoms with Crippen molar-refractivity contribution >= 4 is 5.97 Å². The second-order valence-electron chi connectivity index (χ2n) is 5.08. The smallest absolute Gasteiger partial charge is 0.345 e. The van der Waals surface area contributed by atoms with Crippen LogP contribution < -0.4 is 4.74 Å². The minimum atomic E-state index is -0.946. The van der Waals surface area contributed by atoms with E-state index >= 15 is 0 Å². The van der Waals surface area contributed by atoms with Gasteiger partial charge in [0.25, 0.3) is 0 Å². The van der Waals surface area contributed by atoms with Crippen LogP contribution in [0.5, 0.6) is 5.75 Å². The highest BCUT2D eigenvalue weighted by Crippen LogP contribution is 2.19. The van der Waals surface area contributed by atoms with Crippen molar-refractivity contribution < 1.29 is 14.6 Å². The Balaban J connectivity index is 2.12. The first-order chi connectivity index (χ1) is 10.1. The van der Waals surface area contributed by atoms with E-state index in [1.165, 1.54) is 5.56 Å². The third kappa shape index (κ3) is 4.09. The molecule has 0 aliphatic heterocycles. The van der Waals surface area contributed by atoms with E-state index in [9.17, 15) is 9.90 Å². The van der Waals surface area contributed by atoms with Gasteiger partial charge in [-0.15, -0.1) is 0 Å². The van der Waals surface area contributed by atoms with E-state index in [1.807, 2.05) is 49.4 Å². The zero-order chi connectivity index (χ0) is 15.2. The van der Waals surface area contributed by atoms with E-state index in [-0.39, 0.29) is 0 Å². The Hall–Kier alpha value is -2.29. The molecule has 0 bridgehead atoms. The molecule has 2 aromatic rings. The predicted molar refractivity (Wildman–Crippen MR) is 82.8 cm³/mol. The monoisotopic (exact) mass is 284 g/mol. The zero-order valence-electron chi connectivity index (χ0n) is 12.4. The number of carbonyl (C=O) groups is 1. The van der Waals surface area contributed by atoms with Crippen molar-refractivity contribution in [2.75, 3.05) is 0 Å². The van der Waals surface area contributed by atoms with Crippen molar-refractivity contribution in [2.24, 2.45) is 0 Å². The van der Waals surface area contributed by atoms with E-state index in [0.29, 0.717) is 12.2 Å². The maximum atomic E-state index is 11.4. The normalized spacial score (nSPS) is 11.9. The highest BCUT2D eigenvalue weighted by Gasteiger charge is 2.20. The quantitative estimate of drug-likeness (QED) is 0.881. The van der Waals surface area contributed by atoms with Gasteiger partial charge in [0.15, 0.2) is 6.10 Å². The molecule has 3 nitrogen and oxygen atoms in total. The van der Waals surface area contributed by atoms with Gasteiger partial charge in [-0.05, 0) is 36.1 Å². The standard InChI is InChI=1S/C18H20O3/c1-3-14-8-10-15(11-9-14)12-17(18(19)20)21-16-7-5-4-6-13(16)2/h4-11,17H,3,12H2,1-2H3,(H,19,20). The van der Waals surface area contributed by atoms with E-state index in [4.69, 9.17) is 4.74 Å². The molecule has 2 aromatic carbocycles. The Morgan fingerprint density at radius 2 is 1.71 bits per heavy atom. The lowest BCUT2D eigenvalue weighted by Crippen LogP contribution is -2.29. The summed E-state index contributed by atoms with van der Waals surface area (Å²) >= 11 is 0. The third-order valence-electron chi connectivity index (χ3n) is 3.49. The van der Waals surface area contributed by atoms with Crippen LogP contribution in [-0.4, -0.2) is 17.2 Å². The molecule has 0 amide bonds. The van der Waals surface area contributed by atoms with Crippen LogP contribution in [-0.2, 0) is 17.6 Å². The molecule has 0 spiro atoms. The minimum absolute atomic E-state index is 0.355. The topological polar surface area (TPSA) is 46.5 Å². The van der Waals surface area contributed by atoms with E-state index < -0.39 is 12.1 Å². The second kappa shape index (κ2) is 6.93. The van der Waals surface area contributed by atoms with Gasteiger partial charge in [-0.25, -0.2) is 4.79 Å². The fourth-order valence-electron chi connectivity index (χ4n) is 2.15. The van der Waals surface area contributed by atoms with Crippen LogP contribution in [0.4, 0.5) is 0 Å². The van der Waals surface area contributed by atoms with Gasteiger partial charge < -0.3 is 9.84 Å². The fourth-order valence-corrected chi connectivity index (χ4v) is 2.15. The minimum Gasteiger partial charge on any atom is -0.478 e. The molecule has 3 heteroatoms. The first-order valence-electron chi connectivity index (χ1n) is 7.13. The van der Waals surface area contributed by atoms with Gasteiger partial charge in [-0.2, -0.15) is 0 Å². The number of hydrogen-bond acceptors (Lipinski definition) is 2. The molecule has 110 valence electrons. The molecule has 0 saturated carbocycles. The Morgan fingerprint density at radius 3 is 2.29 bits per heavy atom. The first kappa shape index (κ1) is 15.1. The van der Waals surface area contributed by atoms with Gasteiger partial charge >= 0.3 is 5.97 Å². The van der Waals surface area contributed by atoms with Gasteiger partial charge in [0.2, 0.25) is 0 Å². The lowest BCUT2D eigenvalue weighted by molar-refractivity contribution is -0.145. The summed E-state index contributed by atoms with van der Waals surface area (Å²) < 4.78 is 5.67. The number of carboxylic acids is 1. The summed E-state index contributed by atoms with van der Waals surface area (Å²) in [6, 6.07) is 15.4. The highest BCUT2D eigenvalue weighted by atomic mass is 16.5. The summed E-state index contributed by atoms with van der Waals surface area (Å²) in [6.45, 7) is 4.00. The molecule has 0 saturated heterocycles. The molecule has 0 aliphatic carbocycles. The van der Waals surface area contributed by atoms with Crippen LogP contribution >= 0.6 is 0 Å². The molecule has 0 aromatic heterocycles. The van der Waals surface area contributed by atoms with Crippen LogP contribution in [0.25, 0.3) is 0 Å². The zero-order valence-corrected chi connectivity index (χ0v) is 12.4. The molecule has 1 N–H and O–H groups in total. The highest BCUT2D eigenvalue weighted by molar-refractivity contribution is 5.73. The summed E-state index contributed by atoms with van der Waals surface area (Å²) in [4.78, 5) is 11.4. The average Bonchev–Trinajstić information content (AvgIpc) is 2.49. The van der Waals surface area contributed by atoms with Gasteiger partial charge in [0.05, 0.1) is 0 Å². The van der Waals surface area contributed by atoms with E-state index in [1.54, 1.807) is 6.07 Å². The maximum Gasteiger partial charge on any atom is 0.345 e. The van der Waals surface area contributed by atoms with Crippen LogP contribution in [0.1, 0.15) is 23.6 Å². The Labute approximate surface area is 125 Å². The molecular weight excluding hydrogens is 264 g/mol. The first-order valence-corrected chi connectivity index (χ1v) is 7.13. The number of aliphatic carboxylic acids is 1. The van der Waals surface area contributed by atoms with Gasteiger partial charge in [0, 0.05) is 6.42 Å². The molecule has 2 rings (SSSR count). The number of hydrogen-bond donors (Lipinski definition) is 1. The fraction of sp³-hybridized carbons (Fsp3) is 0.278. The summed E-state index contributed by atoms with van der Waals surface area (Å²) in [5.41, 5.74) is 3.14. The molecule has 1 unspecified atom stereocenters. The summed E-state index contributed by atoms with van der Waals surface area (Å²) in [5.74, 6) is -0.326.